The smallest absolute Gasteiger partial charge is 0.240 e. The zero-order valence-corrected chi connectivity index (χ0v) is 16.6. The van der Waals surface area contributed by atoms with E-state index in [1.807, 2.05) is 0 Å². The Hall–Kier alpha value is -3.01. The van der Waals surface area contributed by atoms with Crippen molar-refractivity contribution >= 4 is 21.6 Å². The molecule has 0 atom stereocenters. The molecular formula is C19H21FN2O6S. The van der Waals surface area contributed by atoms with Gasteiger partial charge in [-0.3, -0.25) is 9.10 Å². The van der Waals surface area contributed by atoms with Crippen molar-refractivity contribution < 1.29 is 31.8 Å². The summed E-state index contributed by atoms with van der Waals surface area (Å²) in [5, 5.41) is 2.61. The quantitative estimate of drug-likeness (QED) is 0.618. The predicted molar refractivity (Wildman–Crippen MR) is 104 cm³/mol. The monoisotopic (exact) mass is 424 g/mol. The fourth-order valence-electron chi connectivity index (χ4n) is 2.62. The van der Waals surface area contributed by atoms with Crippen LogP contribution in [0.1, 0.15) is 6.92 Å². The van der Waals surface area contributed by atoms with Crippen LogP contribution in [-0.4, -0.2) is 46.6 Å². The third-order valence-corrected chi connectivity index (χ3v) is 5.88. The SMILES string of the molecule is CCS(=O)(=O)N(CC(=O)NCCOc1ccc(F)cc1)c1ccc2c(c1)OCO2. The van der Waals surface area contributed by atoms with Crippen molar-refractivity contribution in [3.63, 3.8) is 0 Å². The van der Waals surface area contributed by atoms with E-state index in [-0.39, 0.29) is 38.1 Å². The lowest BCUT2D eigenvalue weighted by atomic mass is 10.3. The van der Waals surface area contributed by atoms with Crippen LogP contribution < -0.4 is 23.8 Å². The van der Waals surface area contributed by atoms with Crippen LogP contribution in [0.3, 0.4) is 0 Å². The fourth-order valence-corrected chi connectivity index (χ4v) is 3.68. The minimum atomic E-state index is -3.69. The molecule has 1 heterocycles. The van der Waals surface area contributed by atoms with Gasteiger partial charge in [0.25, 0.3) is 0 Å². The maximum atomic E-state index is 12.9. The van der Waals surface area contributed by atoms with Crippen molar-refractivity contribution in [3.05, 3.63) is 48.3 Å². The van der Waals surface area contributed by atoms with Crippen molar-refractivity contribution in [3.8, 4) is 17.2 Å². The number of hydrogen-bond donors (Lipinski definition) is 1. The Bertz CT molecular complexity index is 965. The first-order chi connectivity index (χ1) is 13.9. The average Bonchev–Trinajstić information content (AvgIpc) is 3.18. The topological polar surface area (TPSA) is 94.2 Å². The molecule has 0 unspecified atom stereocenters. The van der Waals surface area contributed by atoms with E-state index in [9.17, 15) is 17.6 Å². The van der Waals surface area contributed by atoms with E-state index in [1.165, 1.54) is 37.3 Å². The summed E-state index contributed by atoms with van der Waals surface area (Å²) in [5.74, 6) is 0.393. The molecule has 1 aliphatic heterocycles. The summed E-state index contributed by atoms with van der Waals surface area (Å²) < 4.78 is 54.8. The van der Waals surface area contributed by atoms with E-state index in [0.29, 0.717) is 22.9 Å². The summed E-state index contributed by atoms with van der Waals surface area (Å²) >= 11 is 0. The minimum Gasteiger partial charge on any atom is -0.492 e. The van der Waals surface area contributed by atoms with E-state index in [2.05, 4.69) is 5.32 Å². The molecule has 8 nitrogen and oxygen atoms in total. The van der Waals surface area contributed by atoms with E-state index in [4.69, 9.17) is 14.2 Å². The van der Waals surface area contributed by atoms with Gasteiger partial charge >= 0.3 is 0 Å². The predicted octanol–water partition coefficient (Wildman–Crippen LogP) is 1.91. The van der Waals surface area contributed by atoms with Crippen molar-refractivity contribution in [2.75, 3.05) is 36.5 Å². The number of benzene rings is 2. The highest BCUT2D eigenvalue weighted by Crippen LogP contribution is 2.36. The largest absolute Gasteiger partial charge is 0.492 e. The molecule has 1 aliphatic rings. The molecule has 1 amide bonds. The highest BCUT2D eigenvalue weighted by molar-refractivity contribution is 7.92. The molecule has 10 heteroatoms. The first-order valence-electron chi connectivity index (χ1n) is 8.94. The third-order valence-electron chi connectivity index (χ3n) is 4.14. The second-order valence-corrected chi connectivity index (χ2v) is 8.28. The molecule has 0 saturated carbocycles. The van der Waals surface area contributed by atoms with Crippen LogP contribution in [0, 0.1) is 5.82 Å². The van der Waals surface area contributed by atoms with Gasteiger partial charge in [0.15, 0.2) is 11.5 Å². The molecule has 0 saturated heterocycles. The summed E-state index contributed by atoms with van der Waals surface area (Å²) in [6.07, 6.45) is 0. The minimum absolute atomic E-state index is 0.0633. The lowest BCUT2D eigenvalue weighted by molar-refractivity contribution is -0.119. The molecule has 1 N–H and O–H groups in total. The van der Waals surface area contributed by atoms with Gasteiger partial charge in [-0.25, -0.2) is 12.8 Å². The van der Waals surface area contributed by atoms with Gasteiger partial charge in [0.1, 0.15) is 24.7 Å². The Morgan fingerprint density at radius 2 is 1.90 bits per heavy atom. The summed E-state index contributed by atoms with van der Waals surface area (Å²) in [6.45, 7) is 1.50. The standard InChI is InChI=1S/C19H21FN2O6S/c1-2-29(24,25)22(15-5-8-17-18(11-15)28-13-27-17)12-19(23)21-9-10-26-16-6-3-14(20)4-7-16/h3-8,11H,2,9-10,12-13H2,1H3,(H,21,23). The molecule has 3 rings (SSSR count). The Morgan fingerprint density at radius 1 is 1.17 bits per heavy atom. The zero-order valence-electron chi connectivity index (χ0n) is 15.8. The number of ether oxygens (including phenoxy) is 3. The summed E-state index contributed by atoms with van der Waals surface area (Å²) in [4.78, 5) is 12.3. The van der Waals surface area contributed by atoms with Gasteiger partial charge in [-0.15, -0.1) is 0 Å². The fraction of sp³-hybridized carbons (Fsp3) is 0.316. The number of fused-ring (bicyclic) bond motifs is 1. The van der Waals surface area contributed by atoms with Crippen LogP contribution >= 0.6 is 0 Å². The van der Waals surface area contributed by atoms with Crippen molar-refractivity contribution in [2.24, 2.45) is 0 Å². The van der Waals surface area contributed by atoms with Crippen LogP contribution in [0.25, 0.3) is 0 Å². The number of nitrogens with one attached hydrogen (secondary N) is 1. The molecular weight excluding hydrogens is 403 g/mol. The molecule has 0 fully saturated rings. The van der Waals surface area contributed by atoms with Gasteiger partial charge in [0.05, 0.1) is 18.0 Å². The normalized spacial score (nSPS) is 12.5. The number of rotatable bonds is 9. The summed E-state index contributed by atoms with van der Waals surface area (Å²) in [7, 11) is -3.69. The van der Waals surface area contributed by atoms with E-state index >= 15 is 0 Å². The van der Waals surface area contributed by atoms with Gasteiger partial charge in [-0.2, -0.15) is 0 Å². The molecule has 0 radical (unpaired) electrons. The molecule has 0 aromatic heterocycles. The highest BCUT2D eigenvalue weighted by atomic mass is 32.2. The number of sulfonamides is 1. The Labute approximate surface area is 168 Å². The van der Waals surface area contributed by atoms with Gasteiger partial charge < -0.3 is 19.5 Å². The number of carbonyl (C=O) groups excluding carboxylic acids is 1. The molecule has 29 heavy (non-hydrogen) atoms. The summed E-state index contributed by atoms with van der Waals surface area (Å²) in [5.41, 5.74) is 0.314. The molecule has 0 spiro atoms. The molecule has 0 bridgehead atoms. The van der Waals surface area contributed by atoms with Crippen LogP contribution in [-0.2, 0) is 14.8 Å². The first kappa shape index (κ1) is 20.7. The maximum absolute atomic E-state index is 12.9. The first-order valence-corrected chi connectivity index (χ1v) is 10.5. The van der Waals surface area contributed by atoms with Gasteiger partial charge in [0, 0.05) is 6.07 Å². The lowest BCUT2D eigenvalue weighted by Gasteiger charge is -2.23. The van der Waals surface area contributed by atoms with Gasteiger partial charge in [-0.05, 0) is 43.3 Å². The van der Waals surface area contributed by atoms with Crippen LogP contribution in [0.4, 0.5) is 10.1 Å². The molecule has 156 valence electrons. The number of anilines is 1. The zero-order chi connectivity index (χ0) is 20.9. The van der Waals surface area contributed by atoms with Crippen LogP contribution in [0.15, 0.2) is 42.5 Å². The van der Waals surface area contributed by atoms with Gasteiger partial charge in [0.2, 0.25) is 22.7 Å². The van der Waals surface area contributed by atoms with Crippen LogP contribution in [0.2, 0.25) is 0 Å². The molecule has 0 aliphatic carbocycles. The second kappa shape index (κ2) is 8.99. The number of halogens is 1. The highest BCUT2D eigenvalue weighted by Gasteiger charge is 2.25. The summed E-state index contributed by atoms with van der Waals surface area (Å²) in [6, 6.07) is 10.2. The van der Waals surface area contributed by atoms with Crippen molar-refractivity contribution in [2.45, 2.75) is 6.92 Å². The van der Waals surface area contributed by atoms with E-state index in [0.717, 1.165) is 4.31 Å². The van der Waals surface area contributed by atoms with Gasteiger partial charge in [-0.1, -0.05) is 0 Å². The van der Waals surface area contributed by atoms with Crippen LogP contribution in [0.5, 0.6) is 17.2 Å². The van der Waals surface area contributed by atoms with E-state index in [1.54, 1.807) is 12.1 Å². The number of nitrogens with zero attached hydrogens (tertiary/aromatic N) is 1. The Balaban J connectivity index is 1.59. The molecule has 2 aromatic rings. The average molecular weight is 424 g/mol. The second-order valence-electron chi connectivity index (χ2n) is 6.10. The Morgan fingerprint density at radius 3 is 2.62 bits per heavy atom. The lowest BCUT2D eigenvalue weighted by Crippen LogP contribution is -2.42. The number of amides is 1. The van der Waals surface area contributed by atoms with E-state index < -0.39 is 15.9 Å². The number of carbonyl (C=O) groups is 1. The maximum Gasteiger partial charge on any atom is 0.240 e. The van der Waals surface area contributed by atoms with Crippen molar-refractivity contribution in [1.82, 2.24) is 5.32 Å². The third kappa shape index (κ3) is 5.29. The Kier molecular flexibility index (Phi) is 6.42. The molecule has 2 aromatic carbocycles. The van der Waals surface area contributed by atoms with Crippen molar-refractivity contribution in [1.29, 1.82) is 0 Å². The number of hydrogen-bond acceptors (Lipinski definition) is 6.